The summed E-state index contributed by atoms with van der Waals surface area (Å²) in [7, 11) is 0. The largest absolute Gasteiger partial charge is 0.393 e. The van der Waals surface area contributed by atoms with E-state index in [1.807, 2.05) is 0 Å². The number of hydrogen-bond acceptors (Lipinski definition) is 4. The van der Waals surface area contributed by atoms with Crippen molar-refractivity contribution in [3.05, 3.63) is 47.8 Å². The SMILES string of the molecule is CCCC/C=C\C[C@@H]1[C@@H](NC[C@H](O)CCc2ccc(F)cc2)[C@H](O)C[C@@H]1O. The normalized spacial score (nSPS) is 26.7. The highest BCUT2D eigenvalue weighted by Crippen LogP contribution is 2.30. The second kappa shape index (κ2) is 11.5. The molecular weight excluding hydrogens is 345 g/mol. The molecule has 0 bridgehead atoms. The van der Waals surface area contributed by atoms with Crippen molar-refractivity contribution in [1.29, 1.82) is 0 Å². The van der Waals surface area contributed by atoms with Gasteiger partial charge in [0.1, 0.15) is 5.82 Å². The minimum atomic E-state index is -0.599. The summed E-state index contributed by atoms with van der Waals surface area (Å²) in [6, 6.07) is 6.10. The zero-order valence-electron chi connectivity index (χ0n) is 16.2. The monoisotopic (exact) mass is 379 g/mol. The smallest absolute Gasteiger partial charge is 0.123 e. The van der Waals surface area contributed by atoms with Crippen LogP contribution in [0.25, 0.3) is 0 Å². The highest BCUT2D eigenvalue weighted by molar-refractivity contribution is 5.16. The molecule has 0 unspecified atom stereocenters. The molecule has 4 N–H and O–H groups in total. The lowest BCUT2D eigenvalue weighted by Crippen LogP contribution is -2.44. The first kappa shape index (κ1) is 22.0. The topological polar surface area (TPSA) is 72.7 Å². The Kier molecular flexibility index (Phi) is 9.42. The highest BCUT2D eigenvalue weighted by atomic mass is 19.1. The number of allylic oxidation sites excluding steroid dienone is 2. The highest BCUT2D eigenvalue weighted by Gasteiger charge is 2.40. The van der Waals surface area contributed by atoms with E-state index in [1.54, 1.807) is 12.1 Å². The molecule has 0 saturated heterocycles. The first-order chi connectivity index (χ1) is 13.0. The van der Waals surface area contributed by atoms with Crippen LogP contribution in [0.3, 0.4) is 0 Å². The molecule has 0 aromatic heterocycles. The summed E-state index contributed by atoms with van der Waals surface area (Å²) >= 11 is 0. The Balaban J connectivity index is 1.76. The maximum atomic E-state index is 12.9. The van der Waals surface area contributed by atoms with Crippen molar-refractivity contribution in [2.75, 3.05) is 6.54 Å². The van der Waals surface area contributed by atoms with Gasteiger partial charge in [-0.25, -0.2) is 4.39 Å². The molecule has 0 aliphatic heterocycles. The summed E-state index contributed by atoms with van der Waals surface area (Å²) in [6.45, 7) is 2.53. The van der Waals surface area contributed by atoms with Crippen molar-refractivity contribution in [3.8, 4) is 0 Å². The third-order valence-corrected chi connectivity index (χ3v) is 5.42. The summed E-state index contributed by atoms with van der Waals surface area (Å²) in [5.41, 5.74) is 0.988. The molecule has 1 aromatic rings. The fourth-order valence-corrected chi connectivity index (χ4v) is 3.74. The van der Waals surface area contributed by atoms with Gasteiger partial charge in [0, 0.05) is 24.9 Å². The molecule has 1 aliphatic rings. The molecule has 5 atom stereocenters. The predicted octanol–water partition coefficient (Wildman–Crippen LogP) is 2.96. The van der Waals surface area contributed by atoms with Gasteiger partial charge in [0.25, 0.3) is 0 Å². The van der Waals surface area contributed by atoms with Gasteiger partial charge in [-0.15, -0.1) is 0 Å². The minimum Gasteiger partial charge on any atom is -0.393 e. The first-order valence-electron chi connectivity index (χ1n) is 10.2. The van der Waals surface area contributed by atoms with Crippen LogP contribution in [-0.4, -0.2) is 46.2 Å². The molecule has 1 aliphatic carbocycles. The summed E-state index contributed by atoms with van der Waals surface area (Å²) < 4.78 is 12.9. The van der Waals surface area contributed by atoms with Crippen LogP contribution in [-0.2, 0) is 6.42 Å². The Labute approximate surface area is 162 Å². The van der Waals surface area contributed by atoms with Crippen molar-refractivity contribution >= 4 is 0 Å². The van der Waals surface area contributed by atoms with Gasteiger partial charge in [-0.05, 0) is 43.4 Å². The number of aliphatic hydroxyl groups excluding tert-OH is 3. The fourth-order valence-electron chi connectivity index (χ4n) is 3.74. The number of aryl methyl sites for hydroxylation is 1. The zero-order chi connectivity index (χ0) is 19.6. The van der Waals surface area contributed by atoms with Crippen molar-refractivity contribution in [3.63, 3.8) is 0 Å². The van der Waals surface area contributed by atoms with Crippen LogP contribution in [0.1, 0.15) is 51.0 Å². The van der Waals surface area contributed by atoms with Crippen LogP contribution < -0.4 is 5.32 Å². The predicted molar refractivity (Wildman–Crippen MR) is 106 cm³/mol. The molecule has 0 radical (unpaired) electrons. The van der Waals surface area contributed by atoms with Gasteiger partial charge in [0.15, 0.2) is 0 Å². The van der Waals surface area contributed by atoms with E-state index in [9.17, 15) is 19.7 Å². The number of aliphatic hydroxyl groups is 3. The van der Waals surface area contributed by atoms with Gasteiger partial charge in [-0.3, -0.25) is 0 Å². The minimum absolute atomic E-state index is 0.0397. The lowest BCUT2D eigenvalue weighted by molar-refractivity contribution is 0.112. The lowest BCUT2D eigenvalue weighted by atomic mass is 9.96. The average Bonchev–Trinajstić information content (AvgIpc) is 2.92. The number of benzene rings is 1. The number of rotatable bonds is 11. The molecule has 0 amide bonds. The molecule has 5 heteroatoms. The van der Waals surface area contributed by atoms with Gasteiger partial charge in [-0.1, -0.05) is 44.1 Å². The van der Waals surface area contributed by atoms with Crippen LogP contribution in [0.4, 0.5) is 4.39 Å². The summed E-state index contributed by atoms with van der Waals surface area (Å²) in [6.07, 6.45) is 8.27. The third-order valence-electron chi connectivity index (χ3n) is 5.42. The van der Waals surface area contributed by atoms with Crippen LogP contribution in [0.15, 0.2) is 36.4 Å². The number of unbranched alkanes of at least 4 members (excludes halogenated alkanes) is 2. The van der Waals surface area contributed by atoms with E-state index in [4.69, 9.17) is 0 Å². The van der Waals surface area contributed by atoms with E-state index in [0.29, 0.717) is 25.8 Å². The van der Waals surface area contributed by atoms with E-state index in [-0.39, 0.29) is 17.8 Å². The van der Waals surface area contributed by atoms with Crippen molar-refractivity contribution in [2.24, 2.45) is 5.92 Å². The number of hydrogen-bond donors (Lipinski definition) is 4. The number of halogens is 1. The molecule has 152 valence electrons. The molecule has 1 saturated carbocycles. The lowest BCUT2D eigenvalue weighted by Gasteiger charge is -2.25. The standard InChI is InChI=1S/C22H34FNO3/c1-2-3-4-5-6-7-19-20(26)14-21(27)22(19)24-15-18(25)13-10-16-8-11-17(23)12-9-16/h5-6,8-9,11-12,18-22,24-27H,2-4,7,10,13-15H2,1H3/b6-5-/t18-,19+,20+,21-,22-/m1/s1. The second-order valence-corrected chi connectivity index (χ2v) is 7.64. The second-order valence-electron chi connectivity index (χ2n) is 7.64. The average molecular weight is 380 g/mol. The summed E-state index contributed by atoms with van der Waals surface area (Å²) in [4.78, 5) is 0. The van der Waals surface area contributed by atoms with Crippen molar-refractivity contribution < 1.29 is 19.7 Å². The Morgan fingerprint density at radius 2 is 1.93 bits per heavy atom. The van der Waals surface area contributed by atoms with Gasteiger partial charge >= 0.3 is 0 Å². The Hall–Kier alpha value is -1.27. The number of nitrogens with one attached hydrogen (secondary N) is 1. The molecule has 1 aromatic carbocycles. The van der Waals surface area contributed by atoms with E-state index in [0.717, 1.165) is 31.2 Å². The van der Waals surface area contributed by atoms with Gasteiger partial charge in [-0.2, -0.15) is 0 Å². The summed E-state index contributed by atoms with van der Waals surface area (Å²) in [5.74, 6) is -0.299. The van der Waals surface area contributed by atoms with Gasteiger partial charge < -0.3 is 20.6 Å². The first-order valence-corrected chi connectivity index (χ1v) is 10.2. The maximum absolute atomic E-state index is 12.9. The van der Waals surface area contributed by atoms with Gasteiger partial charge in [0.2, 0.25) is 0 Å². The van der Waals surface area contributed by atoms with E-state index >= 15 is 0 Å². The van der Waals surface area contributed by atoms with Crippen molar-refractivity contribution in [2.45, 2.75) is 76.2 Å². The molecular formula is C22H34FNO3. The molecule has 0 heterocycles. The van der Waals surface area contributed by atoms with Crippen LogP contribution in [0, 0.1) is 11.7 Å². The molecule has 2 rings (SSSR count). The Bertz CT molecular complexity index is 563. The van der Waals surface area contributed by atoms with E-state index in [1.165, 1.54) is 12.1 Å². The van der Waals surface area contributed by atoms with Crippen LogP contribution >= 0.6 is 0 Å². The third kappa shape index (κ3) is 7.34. The molecule has 27 heavy (non-hydrogen) atoms. The van der Waals surface area contributed by atoms with Crippen LogP contribution in [0.2, 0.25) is 0 Å². The van der Waals surface area contributed by atoms with Crippen LogP contribution in [0.5, 0.6) is 0 Å². The maximum Gasteiger partial charge on any atom is 0.123 e. The molecule has 1 fully saturated rings. The van der Waals surface area contributed by atoms with Crippen molar-refractivity contribution in [1.82, 2.24) is 5.32 Å². The molecule has 4 nitrogen and oxygen atoms in total. The van der Waals surface area contributed by atoms with Gasteiger partial charge in [0.05, 0.1) is 18.3 Å². The van der Waals surface area contributed by atoms with E-state index in [2.05, 4.69) is 24.4 Å². The summed E-state index contributed by atoms with van der Waals surface area (Å²) in [5, 5.41) is 34.0. The Morgan fingerprint density at radius 3 is 2.63 bits per heavy atom. The molecule has 0 spiro atoms. The van der Waals surface area contributed by atoms with E-state index < -0.39 is 18.3 Å². The Morgan fingerprint density at radius 1 is 1.19 bits per heavy atom. The quantitative estimate of drug-likeness (QED) is 0.352. The fraction of sp³-hybridized carbons (Fsp3) is 0.636. The zero-order valence-corrected chi connectivity index (χ0v) is 16.2.